The summed E-state index contributed by atoms with van der Waals surface area (Å²) in [4.78, 5) is 32.9. The Balaban J connectivity index is 0.000000193. The van der Waals surface area contributed by atoms with Gasteiger partial charge in [-0.1, -0.05) is 146 Å². The smallest absolute Gasteiger partial charge is 0.167 e. The maximum absolute atomic E-state index is 9.41. The van der Waals surface area contributed by atoms with Crippen molar-refractivity contribution < 1.29 is 48.2 Å². The number of quaternary nitrogens is 2. The Morgan fingerprint density at radius 2 is 0.765 bits per heavy atom. The van der Waals surface area contributed by atoms with E-state index >= 15 is 0 Å². The molecule has 2 saturated heterocycles. The van der Waals surface area contributed by atoms with Crippen LogP contribution in [0.4, 0.5) is 0 Å². The van der Waals surface area contributed by atoms with Crippen molar-refractivity contribution in [1.82, 2.24) is 0 Å². The van der Waals surface area contributed by atoms with Gasteiger partial charge in [-0.25, -0.2) is 0 Å². The molecule has 2 aliphatic heterocycles. The molecule has 0 aromatic heterocycles. The van der Waals surface area contributed by atoms with Crippen LogP contribution in [-0.4, -0.2) is 74.7 Å². The molecule has 0 amide bonds. The monoisotopic (exact) mass is 918 g/mol. The van der Waals surface area contributed by atoms with E-state index in [2.05, 4.69) is 158 Å². The Hall–Kier alpha value is -6.56. The number of aliphatic carboxylic acids is 2. The molecular formula is C58H66N2O8. The van der Waals surface area contributed by atoms with Gasteiger partial charge in [-0.2, -0.15) is 19.0 Å². The van der Waals surface area contributed by atoms with E-state index in [1.807, 2.05) is 12.1 Å². The number of likely N-dealkylation sites (tertiary alicyclic amines) is 2. The van der Waals surface area contributed by atoms with Crippen molar-refractivity contribution in [2.75, 3.05) is 53.5 Å². The number of benzene rings is 6. The molecule has 10 heteroatoms. The second-order valence-corrected chi connectivity index (χ2v) is 17.4. The molecule has 68 heavy (non-hydrogen) atoms. The predicted molar refractivity (Wildman–Crippen MR) is 262 cm³/mol. The van der Waals surface area contributed by atoms with E-state index in [1.54, 1.807) is 14.2 Å². The van der Waals surface area contributed by atoms with Crippen LogP contribution in [0.2, 0.25) is 0 Å². The summed E-state index contributed by atoms with van der Waals surface area (Å²) in [5, 5.41) is 18.8. The lowest BCUT2D eigenvalue weighted by Gasteiger charge is -2.41. The van der Waals surface area contributed by atoms with Gasteiger partial charge in [-0.15, -0.1) is 0 Å². The molecule has 0 aliphatic carbocycles. The van der Waals surface area contributed by atoms with Gasteiger partial charge in [0, 0.05) is 12.8 Å². The number of piperidine rings is 2. The first-order valence-corrected chi connectivity index (χ1v) is 23.8. The number of hydroxylamine groups is 6. The van der Waals surface area contributed by atoms with Crippen LogP contribution >= 0.6 is 0 Å². The van der Waals surface area contributed by atoms with Gasteiger partial charge in [-0.3, -0.25) is 0 Å². The van der Waals surface area contributed by atoms with Crippen LogP contribution < -0.4 is 19.7 Å². The summed E-state index contributed by atoms with van der Waals surface area (Å²) in [6.45, 7) is 6.23. The standard InChI is InChI=1S/2C27H32NO2.C4H4O4/c2*1-29-26-17-11-12-23(22-26)18-21-28(19-9-4-10-20-28)30-27(24-13-5-2-6-14-24)25-15-7-3-8-16-25;5-3(6)1-2-4(7)8/h2*2-3,5-8,11-17,22,27H,4,9-10,18-21H2,1H3;1-2H,(H,5,6)(H,7,8)/q2*+1;/p-2/b;;2-1+. The van der Waals surface area contributed by atoms with Crippen molar-refractivity contribution in [3.8, 4) is 11.5 Å². The first-order valence-electron chi connectivity index (χ1n) is 23.8. The number of rotatable bonds is 18. The number of hydrogen-bond donors (Lipinski definition) is 0. The van der Waals surface area contributed by atoms with Crippen molar-refractivity contribution in [2.24, 2.45) is 0 Å². The average molecular weight is 919 g/mol. The maximum atomic E-state index is 9.41. The number of carboxylic acids is 2. The van der Waals surface area contributed by atoms with E-state index in [0.717, 1.165) is 63.6 Å². The van der Waals surface area contributed by atoms with Crippen LogP contribution in [0.5, 0.6) is 11.5 Å². The summed E-state index contributed by atoms with van der Waals surface area (Å²) < 4.78 is 12.3. The molecule has 2 aliphatic rings. The topological polar surface area (TPSA) is 117 Å². The molecule has 2 fully saturated rings. The van der Waals surface area contributed by atoms with E-state index < -0.39 is 11.9 Å². The van der Waals surface area contributed by atoms with Crippen molar-refractivity contribution in [2.45, 2.75) is 63.6 Å². The Bertz CT molecular complexity index is 2170. The van der Waals surface area contributed by atoms with Gasteiger partial charge in [0.2, 0.25) is 0 Å². The van der Waals surface area contributed by atoms with Crippen LogP contribution in [0.15, 0.2) is 182 Å². The molecule has 0 atom stereocenters. The lowest BCUT2D eigenvalue weighted by Crippen LogP contribution is -2.53. The fraction of sp³-hybridized carbons (Fsp3) is 0.310. The van der Waals surface area contributed by atoms with Gasteiger partial charge < -0.3 is 29.3 Å². The molecule has 2 heterocycles. The van der Waals surface area contributed by atoms with Gasteiger partial charge in [-0.05, 0) is 108 Å². The van der Waals surface area contributed by atoms with Crippen LogP contribution in [0, 0.1) is 0 Å². The molecule has 10 nitrogen and oxygen atoms in total. The first kappa shape index (κ1) is 50.8. The zero-order valence-electron chi connectivity index (χ0n) is 39.5. The number of nitrogens with zero attached hydrogens (tertiary/aromatic N) is 2. The third-order valence-corrected chi connectivity index (χ3v) is 12.6. The minimum absolute atomic E-state index is 0.0594. The maximum Gasteiger partial charge on any atom is 0.167 e. The normalized spacial score (nSPS) is 15.1. The zero-order valence-corrected chi connectivity index (χ0v) is 39.5. The van der Waals surface area contributed by atoms with Crippen molar-refractivity contribution in [3.63, 3.8) is 0 Å². The highest BCUT2D eigenvalue weighted by Crippen LogP contribution is 2.35. The Labute approximate surface area is 402 Å². The van der Waals surface area contributed by atoms with Crippen LogP contribution in [0.1, 0.15) is 84.1 Å². The van der Waals surface area contributed by atoms with Crippen molar-refractivity contribution in [3.05, 3.63) is 215 Å². The zero-order chi connectivity index (χ0) is 47.9. The largest absolute Gasteiger partial charge is 0.545 e. The van der Waals surface area contributed by atoms with Crippen LogP contribution in [0.25, 0.3) is 0 Å². The molecule has 0 bridgehead atoms. The minimum Gasteiger partial charge on any atom is -0.545 e. The fourth-order valence-corrected chi connectivity index (χ4v) is 8.99. The van der Waals surface area contributed by atoms with Gasteiger partial charge in [0.15, 0.2) is 12.2 Å². The Morgan fingerprint density at radius 3 is 1.04 bits per heavy atom. The summed E-state index contributed by atoms with van der Waals surface area (Å²) >= 11 is 0. The number of hydrogen-bond acceptors (Lipinski definition) is 8. The Morgan fingerprint density at radius 1 is 0.456 bits per heavy atom. The molecule has 0 N–H and O–H groups in total. The molecule has 0 radical (unpaired) electrons. The summed E-state index contributed by atoms with van der Waals surface area (Å²) in [7, 11) is 3.45. The van der Waals surface area contributed by atoms with Crippen molar-refractivity contribution >= 4 is 11.9 Å². The van der Waals surface area contributed by atoms with E-state index in [-0.39, 0.29) is 12.2 Å². The molecule has 0 unspecified atom stereocenters. The highest BCUT2D eigenvalue weighted by Gasteiger charge is 2.38. The highest BCUT2D eigenvalue weighted by molar-refractivity contribution is 5.87. The molecule has 6 aromatic carbocycles. The number of ether oxygens (including phenoxy) is 2. The summed E-state index contributed by atoms with van der Waals surface area (Å²) in [6.07, 6.45) is 10.1. The number of carbonyl (C=O) groups is 2. The molecular weight excluding hydrogens is 853 g/mol. The quantitative estimate of drug-likeness (QED) is 0.0620. The van der Waals surface area contributed by atoms with Gasteiger partial charge in [0.25, 0.3) is 0 Å². The third kappa shape index (κ3) is 16.1. The third-order valence-electron chi connectivity index (χ3n) is 12.6. The number of carbonyl (C=O) groups excluding carboxylic acids is 2. The lowest BCUT2D eigenvalue weighted by molar-refractivity contribution is -1.11. The second-order valence-electron chi connectivity index (χ2n) is 17.4. The predicted octanol–water partition coefficient (Wildman–Crippen LogP) is 8.96. The van der Waals surface area contributed by atoms with Gasteiger partial charge in [0.05, 0.1) is 26.2 Å². The van der Waals surface area contributed by atoms with E-state index in [9.17, 15) is 19.8 Å². The average Bonchev–Trinajstić information content (AvgIpc) is 3.40. The Kier molecular flexibility index (Phi) is 20.0. The fourth-order valence-electron chi connectivity index (χ4n) is 8.99. The van der Waals surface area contributed by atoms with E-state index in [0.29, 0.717) is 21.4 Å². The summed E-state index contributed by atoms with van der Waals surface area (Å²) in [5.74, 6) is -1.25. The van der Waals surface area contributed by atoms with Crippen LogP contribution in [0.3, 0.4) is 0 Å². The lowest BCUT2D eigenvalue weighted by atomic mass is 10.0. The molecule has 8 rings (SSSR count). The first-order chi connectivity index (χ1) is 33.2. The number of carboxylic acid groups (broad SMARTS) is 2. The minimum atomic E-state index is -1.55. The van der Waals surface area contributed by atoms with Crippen molar-refractivity contribution in [1.29, 1.82) is 0 Å². The van der Waals surface area contributed by atoms with E-state index in [4.69, 9.17) is 19.1 Å². The summed E-state index contributed by atoms with van der Waals surface area (Å²) in [6, 6.07) is 59.4. The highest BCUT2D eigenvalue weighted by atomic mass is 16.7. The number of methoxy groups -OCH3 is 2. The SMILES string of the molecule is COc1cccc(CC[N+]2(OC(c3ccccc3)c3ccccc3)CCCCC2)c1.COc1cccc(CC[N+]2(OC(c3ccccc3)c3ccccc3)CCCCC2)c1.O=C([O-])/C=C/C(=O)[O-]. The molecule has 0 saturated carbocycles. The second kappa shape index (κ2) is 26.7. The van der Waals surface area contributed by atoms with Crippen LogP contribution in [-0.2, 0) is 32.1 Å². The van der Waals surface area contributed by atoms with Gasteiger partial charge >= 0.3 is 0 Å². The molecule has 356 valence electrons. The molecule has 6 aromatic rings. The summed E-state index contributed by atoms with van der Waals surface area (Å²) in [5.41, 5.74) is 7.47. The van der Waals surface area contributed by atoms with Gasteiger partial charge in [0.1, 0.15) is 50.8 Å². The van der Waals surface area contributed by atoms with E-state index in [1.165, 1.54) is 71.9 Å². The molecule has 0 spiro atoms.